The monoisotopic (exact) mass is 479 g/mol. The third-order valence-corrected chi connectivity index (χ3v) is 9.50. The Kier molecular flexibility index (Phi) is 5.56. The van der Waals surface area contributed by atoms with Crippen LogP contribution >= 0.6 is 11.3 Å². The van der Waals surface area contributed by atoms with Crippen LogP contribution in [0.5, 0.6) is 0 Å². The first kappa shape index (κ1) is 21.4. The van der Waals surface area contributed by atoms with E-state index in [0.717, 1.165) is 46.7 Å². The summed E-state index contributed by atoms with van der Waals surface area (Å²) >= 11 is 1.15. The molecule has 31 heavy (non-hydrogen) atoms. The predicted octanol–water partition coefficient (Wildman–Crippen LogP) is 3.20. The molecule has 0 saturated heterocycles. The SMILES string of the molecule is O=[N+]([O-])c1ccc(S(=O)(=O)Nc2ccc3c(c2)CN(S(=O)(=O)c2cccs2)CC3)cc1. The molecule has 0 unspecified atom stereocenters. The summed E-state index contributed by atoms with van der Waals surface area (Å²) in [6.07, 6.45) is 0.523. The molecule has 0 aliphatic carbocycles. The van der Waals surface area contributed by atoms with E-state index >= 15 is 0 Å². The van der Waals surface area contributed by atoms with Crippen molar-refractivity contribution in [3.05, 3.63) is 81.2 Å². The number of nitrogens with one attached hydrogen (secondary N) is 1. The van der Waals surface area contributed by atoms with Crippen molar-refractivity contribution >= 4 is 42.8 Å². The highest BCUT2D eigenvalue weighted by Gasteiger charge is 2.29. The maximum atomic E-state index is 12.8. The van der Waals surface area contributed by atoms with Crippen LogP contribution in [0.4, 0.5) is 11.4 Å². The molecule has 162 valence electrons. The molecular weight excluding hydrogens is 462 g/mol. The minimum atomic E-state index is -3.96. The van der Waals surface area contributed by atoms with Crippen LogP contribution in [-0.2, 0) is 33.0 Å². The fraction of sp³-hybridized carbons (Fsp3) is 0.158. The quantitative estimate of drug-likeness (QED) is 0.427. The van der Waals surface area contributed by atoms with E-state index in [2.05, 4.69) is 4.72 Å². The van der Waals surface area contributed by atoms with E-state index in [-0.39, 0.29) is 27.0 Å². The lowest BCUT2D eigenvalue weighted by Crippen LogP contribution is -2.35. The summed E-state index contributed by atoms with van der Waals surface area (Å²) in [5, 5.41) is 12.5. The maximum absolute atomic E-state index is 12.8. The second kappa shape index (κ2) is 8.04. The molecule has 12 heteroatoms. The number of benzene rings is 2. The lowest BCUT2D eigenvalue weighted by molar-refractivity contribution is -0.384. The van der Waals surface area contributed by atoms with Crippen LogP contribution in [0.15, 0.2) is 69.1 Å². The van der Waals surface area contributed by atoms with Gasteiger partial charge in [-0.2, -0.15) is 4.31 Å². The highest BCUT2D eigenvalue weighted by molar-refractivity contribution is 7.92. The van der Waals surface area contributed by atoms with Crippen LogP contribution in [0.1, 0.15) is 11.1 Å². The van der Waals surface area contributed by atoms with Gasteiger partial charge in [-0.05, 0) is 53.3 Å². The number of rotatable bonds is 6. The third-order valence-electron chi connectivity index (χ3n) is 4.88. The lowest BCUT2D eigenvalue weighted by Gasteiger charge is -2.28. The second-order valence-electron chi connectivity index (χ2n) is 6.86. The molecule has 2 heterocycles. The van der Waals surface area contributed by atoms with Gasteiger partial charge < -0.3 is 0 Å². The van der Waals surface area contributed by atoms with Gasteiger partial charge in [-0.25, -0.2) is 16.8 Å². The highest BCUT2D eigenvalue weighted by Crippen LogP contribution is 2.29. The molecule has 1 aromatic heterocycles. The van der Waals surface area contributed by atoms with E-state index < -0.39 is 25.0 Å². The van der Waals surface area contributed by atoms with Gasteiger partial charge in [0, 0.05) is 30.9 Å². The van der Waals surface area contributed by atoms with Gasteiger partial charge in [0.25, 0.3) is 25.7 Å². The number of nitrogens with zero attached hydrogens (tertiary/aromatic N) is 2. The average Bonchev–Trinajstić information content (AvgIpc) is 3.29. The minimum Gasteiger partial charge on any atom is -0.280 e. The molecule has 9 nitrogen and oxygen atoms in total. The molecule has 0 bridgehead atoms. The molecule has 0 spiro atoms. The van der Waals surface area contributed by atoms with Gasteiger partial charge in [0.05, 0.1) is 9.82 Å². The Labute approximate surface area is 183 Å². The Morgan fingerprint density at radius 3 is 2.39 bits per heavy atom. The molecule has 2 aromatic carbocycles. The molecule has 0 radical (unpaired) electrons. The zero-order valence-corrected chi connectivity index (χ0v) is 18.4. The van der Waals surface area contributed by atoms with Gasteiger partial charge in [0.2, 0.25) is 0 Å². The Balaban J connectivity index is 1.57. The van der Waals surface area contributed by atoms with E-state index in [1.54, 1.807) is 35.7 Å². The Bertz CT molecular complexity index is 1340. The van der Waals surface area contributed by atoms with Crippen molar-refractivity contribution in [3.8, 4) is 0 Å². The van der Waals surface area contributed by atoms with Crippen molar-refractivity contribution in [1.29, 1.82) is 0 Å². The van der Waals surface area contributed by atoms with E-state index in [1.807, 2.05) is 0 Å². The summed E-state index contributed by atoms with van der Waals surface area (Å²) in [6, 6.07) is 12.8. The van der Waals surface area contributed by atoms with E-state index in [1.165, 1.54) is 4.31 Å². The number of nitro benzene ring substituents is 1. The molecule has 0 saturated carbocycles. The van der Waals surface area contributed by atoms with E-state index in [4.69, 9.17) is 0 Å². The van der Waals surface area contributed by atoms with Crippen LogP contribution in [0.3, 0.4) is 0 Å². The fourth-order valence-electron chi connectivity index (χ4n) is 3.30. The smallest absolute Gasteiger partial charge is 0.269 e. The van der Waals surface area contributed by atoms with E-state index in [9.17, 15) is 26.9 Å². The molecule has 3 aromatic rings. The number of fused-ring (bicyclic) bond motifs is 1. The number of non-ortho nitro benzene ring substituents is 1. The number of hydrogen-bond acceptors (Lipinski definition) is 7. The summed E-state index contributed by atoms with van der Waals surface area (Å²) in [7, 11) is -7.57. The van der Waals surface area contributed by atoms with Gasteiger partial charge in [-0.3, -0.25) is 14.8 Å². The van der Waals surface area contributed by atoms with Crippen molar-refractivity contribution in [2.75, 3.05) is 11.3 Å². The number of anilines is 1. The summed E-state index contributed by atoms with van der Waals surface area (Å²) in [4.78, 5) is 10.0. The molecule has 0 fully saturated rings. The minimum absolute atomic E-state index is 0.113. The van der Waals surface area contributed by atoms with Gasteiger partial charge in [-0.1, -0.05) is 12.1 Å². The molecule has 4 rings (SSSR count). The normalized spacial score (nSPS) is 14.7. The summed E-state index contributed by atoms with van der Waals surface area (Å²) < 4.78 is 55.0. The van der Waals surface area contributed by atoms with Crippen LogP contribution in [-0.4, -0.2) is 32.6 Å². The number of nitro groups is 1. The van der Waals surface area contributed by atoms with Gasteiger partial charge >= 0.3 is 0 Å². The third kappa shape index (κ3) is 4.32. The molecule has 0 atom stereocenters. The second-order valence-corrected chi connectivity index (χ2v) is 11.7. The summed E-state index contributed by atoms with van der Waals surface area (Å²) in [6.45, 7) is 0.490. The largest absolute Gasteiger partial charge is 0.280 e. The van der Waals surface area contributed by atoms with Gasteiger partial charge in [-0.15, -0.1) is 11.3 Å². The molecule has 1 N–H and O–H groups in total. The molecule has 1 aliphatic heterocycles. The van der Waals surface area contributed by atoms with Crippen molar-refractivity contribution < 1.29 is 21.8 Å². The zero-order chi connectivity index (χ0) is 22.2. The Morgan fingerprint density at radius 1 is 1.00 bits per heavy atom. The van der Waals surface area contributed by atoms with Gasteiger partial charge in [0.15, 0.2) is 0 Å². The van der Waals surface area contributed by atoms with Gasteiger partial charge in [0.1, 0.15) is 4.21 Å². The topological polar surface area (TPSA) is 127 Å². The standard InChI is InChI=1S/C19H17N3O6S3/c23-22(24)17-5-7-18(8-6-17)30(25,26)20-16-4-3-14-9-10-21(13-15(14)12-16)31(27,28)19-2-1-11-29-19/h1-8,11-12,20H,9-10,13H2. The first-order valence-corrected chi connectivity index (χ1v) is 12.9. The molecule has 1 aliphatic rings. The summed E-state index contributed by atoms with van der Waals surface area (Å²) in [5.74, 6) is 0. The zero-order valence-electron chi connectivity index (χ0n) is 16.0. The van der Waals surface area contributed by atoms with Crippen LogP contribution in [0.2, 0.25) is 0 Å². The van der Waals surface area contributed by atoms with Crippen LogP contribution in [0, 0.1) is 10.1 Å². The van der Waals surface area contributed by atoms with Crippen molar-refractivity contribution in [3.63, 3.8) is 0 Å². The Morgan fingerprint density at radius 2 is 1.74 bits per heavy atom. The maximum Gasteiger partial charge on any atom is 0.269 e. The van der Waals surface area contributed by atoms with Crippen LogP contribution < -0.4 is 4.72 Å². The lowest BCUT2D eigenvalue weighted by atomic mass is 10.0. The van der Waals surface area contributed by atoms with E-state index in [0.29, 0.717) is 13.0 Å². The van der Waals surface area contributed by atoms with Crippen molar-refractivity contribution in [2.24, 2.45) is 0 Å². The van der Waals surface area contributed by atoms with Crippen LogP contribution in [0.25, 0.3) is 0 Å². The molecule has 0 amide bonds. The number of thiophene rings is 1. The fourth-order valence-corrected chi connectivity index (χ4v) is 6.91. The summed E-state index contributed by atoms with van der Waals surface area (Å²) in [5.41, 5.74) is 1.75. The predicted molar refractivity (Wildman–Crippen MR) is 116 cm³/mol. The first-order chi connectivity index (χ1) is 14.7. The number of hydrogen-bond donors (Lipinski definition) is 1. The van der Waals surface area contributed by atoms with Crippen molar-refractivity contribution in [2.45, 2.75) is 22.1 Å². The van der Waals surface area contributed by atoms with Crippen molar-refractivity contribution in [1.82, 2.24) is 4.31 Å². The number of sulfonamides is 2. The average molecular weight is 480 g/mol. The highest BCUT2D eigenvalue weighted by atomic mass is 32.2. The molecular formula is C19H17N3O6S3. The Hall–Kier alpha value is -2.80. The first-order valence-electron chi connectivity index (χ1n) is 9.09.